The molecule has 1 saturated heterocycles. The van der Waals surface area contributed by atoms with Gasteiger partial charge in [0.05, 0.1) is 25.9 Å². The third-order valence-electron chi connectivity index (χ3n) is 2.77. The third-order valence-corrected chi connectivity index (χ3v) is 2.77. The smallest absolute Gasteiger partial charge is 0.410 e. The Morgan fingerprint density at radius 3 is 2.65 bits per heavy atom. The van der Waals surface area contributed by atoms with Crippen molar-refractivity contribution in [2.75, 3.05) is 26.3 Å². The van der Waals surface area contributed by atoms with E-state index in [1.54, 1.807) is 11.8 Å². The van der Waals surface area contributed by atoms with Crippen molar-refractivity contribution in [2.24, 2.45) is 0 Å². The van der Waals surface area contributed by atoms with Crippen molar-refractivity contribution in [2.45, 2.75) is 52.2 Å². The SMILES string of the molecule is CCOC(=O)CCC1CN(C(=O)OC(C)(C)C)CCO1. The molecule has 0 aromatic heterocycles. The molecular weight excluding hydrogens is 262 g/mol. The van der Waals surface area contributed by atoms with Gasteiger partial charge in [-0.15, -0.1) is 0 Å². The first-order chi connectivity index (χ1) is 9.31. The fraction of sp³-hybridized carbons (Fsp3) is 0.857. The predicted molar refractivity (Wildman–Crippen MR) is 73.4 cm³/mol. The van der Waals surface area contributed by atoms with Gasteiger partial charge in [-0.2, -0.15) is 0 Å². The Kier molecular flexibility index (Phi) is 6.26. The maximum absolute atomic E-state index is 12.0. The second kappa shape index (κ2) is 7.47. The molecule has 116 valence electrons. The van der Waals surface area contributed by atoms with Crippen molar-refractivity contribution in [3.63, 3.8) is 0 Å². The number of carbonyl (C=O) groups excluding carboxylic acids is 2. The molecule has 1 unspecified atom stereocenters. The Bertz CT molecular complexity index is 337. The van der Waals surface area contributed by atoms with E-state index < -0.39 is 5.60 Å². The number of ether oxygens (including phenoxy) is 3. The predicted octanol–water partition coefficient (Wildman–Crippen LogP) is 1.97. The fourth-order valence-corrected chi connectivity index (χ4v) is 1.90. The van der Waals surface area contributed by atoms with Gasteiger partial charge in [0.1, 0.15) is 5.60 Å². The quantitative estimate of drug-likeness (QED) is 0.740. The molecule has 1 amide bonds. The van der Waals surface area contributed by atoms with Crippen LogP contribution in [0.15, 0.2) is 0 Å². The van der Waals surface area contributed by atoms with Gasteiger partial charge >= 0.3 is 12.1 Å². The molecule has 0 radical (unpaired) electrons. The zero-order chi connectivity index (χ0) is 15.2. The summed E-state index contributed by atoms with van der Waals surface area (Å²) in [6.45, 7) is 9.11. The van der Waals surface area contributed by atoms with Crippen LogP contribution >= 0.6 is 0 Å². The van der Waals surface area contributed by atoms with Gasteiger partial charge < -0.3 is 19.1 Å². The van der Waals surface area contributed by atoms with Crippen LogP contribution < -0.4 is 0 Å². The highest BCUT2D eigenvalue weighted by Crippen LogP contribution is 2.15. The summed E-state index contributed by atoms with van der Waals surface area (Å²) in [6, 6.07) is 0. The summed E-state index contributed by atoms with van der Waals surface area (Å²) < 4.78 is 15.8. The van der Waals surface area contributed by atoms with Crippen LogP contribution in [-0.4, -0.2) is 55.0 Å². The molecule has 0 N–H and O–H groups in total. The zero-order valence-corrected chi connectivity index (χ0v) is 12.8. The molecule has 1 fully saturated rings. The largest absolute Gasteiger partial charge is 0.466 e. The van der Waals surface area contributed by atoms with Crippen molar-refractivity contribution in [3.8, 4) is 0 Å². The van der Waals surface area contributed by atoms with E-state index in [2.05, 4.69) is 0 Å². The van der Waals surface area contributed by atoms with E-state index in [-0.39, 0.29) is 18.2 Å². The first-order valence-corrected chi connectivity index (χ1v) is 7.07. The van der Waals surface area contributed by atoms with E-state index in [9.17, 15) is 9.59 Å². The monoisotopic (exact) mass is 287 g/mol. The lowest BCUT2D eigenvalue weighted by Crippen LogP contribution is -2.47. The van der Waals surface area contributed by atoms with Gasteiger partial charge in [-0.3, -0.25) is 4.79 Å². The normalized spacial score (nSPS) is 19.6. The van der Waals surface area contributed by atoms with E-state index in [4.69, 9.17) is 14.2 Å². The first kappa shape index (κ1) is 16.8. The summed E-state index contributed by atoms with van der Waals surface area (Å²) in [5.74, 6) is -0.231. The molecular formula is C14H25NO5. The number of rotatable bonds is 4. The van der Waals surface area contributed by atoms with Gasteiger partial charge in [0.2, 0.25) is 0 Å². The van der Waals surface area contributed by atoms with Gasteiger partial charge in [-0.1, -0.05) is 0 Å². The molecule has 6 nitrogen and oxygen atoms in total. The summed E-state index contributed by atoms with van der Waals surface area (Å²) in [7, 11) is 0. The molecule has 0 aliphatic carbocycles. The van der Waals surface area contributed by atoms with E-state index in [0.29, 0.717) is 39.1 Å². The van der Waals surface area contributed by atoms with Crippen LogP contribution in [0.3, 0.4) is 0 Å². The van der Waals surface area contributed by atoms with E-state index in [1.165, 1.54) is 0 Å². The zero-order valence-electron chi connectivity index (χ0n) is 12.8. The van der Waals surface area contributed by atoms with Crippen molar-refractivity contribution in [1.29, 1.82) is 0 Å². The number of carbonyl (C=O) groups is 2. The molecule has 1 aliphatic rings. The lowest BCUT2D eigenvalue weighted by atomic mass is 10.1. The Morgan fingerprint density at radius 2 is 2.05 bits per heavy atom. The topological polar surface area (TPSA) is 65.1 Å². The minimum absolute atomic E-state index is 0.138. The molecule has 0 spiro atoms. The van der Waals surface area contributed by atoms with Crippen LogP contribution in [0, 0.1) is 0 Å². The molecule has 0 aromatic carbocycles. The fourth-order valence-electron chi connectivity index (χ4n) is 1.90. The molecule has 6 heteroatoms. The standard InChI is InChI=1S/C14H25NO5/c1-5-18-12(16)7-6-11-10-15(8-9-19-11)13(17)20-14(2,3)4/h11H,5-10H2,1-4H3. The van der Waals surface area contributed by atoms with Gasteiger partial charge in [0, 0.05) is 13.0 Å². The van der Waals surface area contributed by atoms with Crippen LogP contribution in [-0.2, 0) is 19.0 Å². The molecule has 1 rings (SSSR count). The number of morpholine rings is 1. The Balaban J connectivity index is 2.38. The summed E-state index contributed by atoms with van der Waals surface area (Å²) in [6.07, 6.45) is 0.390. The average molecular weight is 287 g/mol. The van der Waals surface area contributed by atoms with Gasteiger partial charge in [0.15, 0.2) is 0 Å². The average Bonchev–Trinajstić information content (AvgIpc) is 2.35. The molecule has 0 saturated carbocycles. The minimum atomic E-state index is -0.504. The molecule has 1 atom stereocenters. The Labute approximate surface area is 120 Å². The summed E-state index contributed by atoms with van der Waals surface area (Å²) in [5.41, 5.74) is -0.504. The highest BCUT2D eigenvalue weighted by molar-refractivity contribution is 5.69. The second-order valence-corrected chi connectivity index (χ2v) is 5.76. The maximum Gasteiger partial charge on any atom is 0.410 e. The molecule has 1 aliphatic heterocycles. The van der Waals surface area contributed by atoms with Gasteiger partial charge in [-0.05, 0) is 34.1 Å². The number of hydrogen-bond acceptors (Lipinski definition) is 5. The Hall–Kier alpha value is -1.30. The maximum atomic E-state index is 12.0. The lowest BCUT2D eigenvalue weighted by molar-refractivity contribution is -0.144. The number of hydrogen-bond donors (Lipinski definition) is 0. The van der Waals surface area contributed by atoms with E-state index >= 15 is 0 Å². The number of esters is 1. The van der Waals surface area contributed by atoms with E-state index in [1.807, 2.05) is 20.8 Å². The van der Waals surface area contributed by atoms with Crippen LogP contribution in [0.2, 0.25) is 0 Å². The summed E-state index contributed by atoms with van der Waals surface area (Å²) in [4.78, 5) is 24.9. The second-order valence-electron chi connectivity index (χ2n) is 5.76. The van der Waals surface area contributed by atoms with E-state index in [0.717, 1.165) is 0 Å². The summed E-state index contributed by atoms with van der Waals surface area (Å²) >= 11 is 0. The first-order valence-electron chi connectivity index (χ1n) is 7.07. The molecule has 0 aromatic rings. The van der Waals surface area contributed by atoms with Crippen molar-refractivity contribution >= 4 is 12.1 Å². The van der Waals surface area contributed by atoms with Crippen molar-refractivity contribution in [3.05, 3.63) is 0 Å². The van der Waals surface area contributed by atoms with Crippen LogP contribution in [0.4, 0.5) is 4.79 Å². The van der Waals surface area contributed by atoms with Crippen LogP contribution in [0.25, 0.3) is 0 Å². The highest BCUT2D eigenvalue weighted by Gasteiger charge is 2.28. The number of nitrogens with zero attached hydrogens (tertiary/aromatic N) is 1. The third kappa shape index (κ3) is 6.23. The Morgan fingerprint density at radius 1 is 1.35 bits per heavy atom. The van der Waals surface area contributed by atoms with Crippen LogP contribution in [0.5, 0.6) is 0 Å². The molecule has 20 heavy (non-hydrogen) atoms. The highest BCUT2D eigenvalue weighted by atomic mass is 16.6. The van der Waals surface area contributed by atoms with Crippen molar-refractivity contribution in [1.82, 2.24) is 4.90 Å². The van der Waals surface area contributed by atoms with Gasteiger partial charge in [0.25, 0.3) is 0 Å². The van der Waals surface area contributed by atoms with Crippen molar-refractivity contribution < 1.29 is 23.8 Å². The molecule has 0 bridgehead atoms. The number of amides is 1. The lowest BCUT2D eigenvalue weighted by Gasteiger charge is -2.34. The minimum Gasteiger partial charge on any atom is -0.466 e. The van der Waals surface area contributed by atoms with Crippen LogP contribution in [0.1, 0.15) is 40.5 Å². The summed E-state index contributed by atoms with van der Waals surface area (Å²) in [5, 5.41) is 0. The van der Waals surface area contributed by atoms with Gasteiger partial charge in [-0.25, -0.2) is 4.79 Å². The molecule has 1 heterocycles.